The Hall–Kier alpha value is -2.29. The summed E-state index contributed by atoms with van der Waals surface area (Å²) in [4.78, 5) is 9.92. The van der Waals surface area contributed by atoms with Crippen LogP contribution in [0.4, 0.5) is 4.79 Å². The number of hydrogen-bond acceptors (Lipinski definition) is 2. The predicted molar refractivity (Wildman–Crippen MR) is 65.0 cm³/mol. The van der Waals surface area contributed by atoms with Gasteiger partial charge in [-0.1, -0.05) is 55.6 Å². The van der Waals surface area contributed by atoms with Crippen LogP contribution in [-0.2, 0) is 4.74 Å². The third-order valence-electron chi connectivity index (χ3n) is 1.40. The summed E-state index contributed by atoms with van der Waals surface area (Å²) in [5.41, 5.74) is 0.902. The lowest BCUT2D eigenvalue weighted by Gasteiger charge is -1.90. The lowest BCUT2D eigenvalue weighted by Crippen LogP contribution is -1.91. The van der Waals surface area contributed by atoms with Crippen molar-refractivity contribution in [3.63, 3.8) is 0 Å². The van der Waals surface area contributed by atoms with Gasteiger partial charge in [-0.05, 0) is 11.6 Å². The molecule has 0 aromatic heterocycles. The van der Waals surface area contributed by atoms with Gasteiger partial charge in [0.2, 0.25) is 0 Å². The first-order valence-electron chi connectivity index (χ1n) is 4.55. The number of rotatable bonds is 3. The molecule has 0 bridgehead atoms. The fourth-order valence-electron chi connectivity index (χ4n) is 0.735. The normalized spacial score (nSPS) is 8.75. The highest BCUT2D eigenvalue weighted by Gasteiger charge is 1.88. The lowest BCUT2D eigenvalue weighted by atomic mass is 10.2. The average molecular weight is 218 g/mol. The van der Waals surface area contributed by atoms with Crippen molar-refractivity contribution in [2.24, 2.45) is 0 Å². The molecule has 3 heteroatoms. The van der Waals surface area contributed by atoms with E-state index in [9.17, 15) is 4.79 Å². The number of carboxylic acid groups (broad SMARTS) is 1. The summed E-state index contributed by atoms with van der Waals surface area (Å²) in [7, 11) is 0. The summed E-state index contributed by atoms with van der Waals surface area (Å²) in [6, 6.07) is 9.31. The van der Waals surface area contributed by atoms with E-state index in [0.717, 1.165) is 11.8 Å². The van der Waals surface area contributed by atoms with Crippen LogP contribution < -0.4 is 0 Å². The van der Waals surface area contributed by atoms with E-state index in [0.29, 0.717) is 0 Å². The smallest absolute Gasteiger partial charge is 0.449 e. The molecular weight excluding hydrogens is 204 g/mol. The van der Waals surface area contributed by atoms with Crippen LogP contribution in [-0.4, -0.2) is 11.3 Å². The van der Waals surface area contributed by atoms with Crippen LogP contribution in [0.5, 0.6) is 0 Å². The number of hydrogen-bond donors (Lipinski definition) is 1. The van der Waals surface area contributed by atoms with E-state index in [-0.39, 0.29) is 0 Å². The molecular formula is C13H14O3. The van der Waals surface area contributed by atoms with Gasteiger partial charge in [0.15, 0.2) is 0 Å². The van der Waals surface area contributed by atoms with Crippen LogP contribution in [0.25, 0.3) is 6.08 Å². The molecule has 0 heterocycles. The van der Waals surface area contributed by atoms with Crippen molar-refractivity contribution in [3.05, 3.63) is 67.5 Å². The second-order valence-corrected chi connectivity index (χ2v) is 2.57. The van der Waals surface area contributed by atoms with E-state index in [1.54, 1.807) is 18.2 Å². The van der Waals surface area contributed by atoms with Gasteiger partial charge < -0.3 is 9.84 Å². The molecule has 84 valence electrons. The van der Waals surface area contributed by atoms with Crippen LogP contribution in [0.3, 0.4) is 0 Å². The zero-order chi connectivity index (χ0) is 12.2. The van der Waals surface area contributed by atoms with Crippen molar-refractivity contribution in [2.45, 2.75) is 0 Å². The van der Waals surface area contributed by atoms with Crippen LogP contribution in [0, 0.1) is 0 Å². The van der Waals surface area contributed by atoms with Crippen molar-refractivity contribution < 1.29 is 14.6 Å². The molecule has 3 nitrogen and oxygen atoms in total. The van der Waals surface area contributed by atoms with Crippen molar-refractivity contribution >= 4 is 12.2 Å². The third kappa shape index (κ3) is 8.31. The molecule has 1 rings (SSSR count). The van der Waals surface area contributed by atoms with Gasteiger partial charge in [-0.25, -0.2) is 4.79 Å². The number of benzene rings is 1. The fraction of sp³-hybridized carbons (Fsp3) is 0. The molecule has 0 fully saturated rings. The van der Waals surface area contributed by atoms with Crippen molar-refractivity contribution in [3.8, 4) is 0 Å². The molecule has 0 unspecified atom stereocenters. The molecule has 0 amide bonds. The first-order valence-corrected chi connectivity index (χ1v) is 4.55. The highest BCUT2D eigenvalue weighted by atomic mass is 16.7. The second-order valence-electron chi connectivity index (χ2n) is 2.57. The van der Waals surface area contributed by atoms with E-state index in [1.807, 2.05) is 30.3 Å². The lowest BCUT2D eigenvalue weighted by molar-refractivity contribution is 0.128. The van der Waals surface area contributed by atoms with Gasteiger partial charge in [0.1, 0.15) is 0 Å². The SMILES string of the molecule is C=CC=C.O=C(O)OC=Cc1ccccc1. The van der Waals surface area contributed by atoms with E-state index >= 15 is 0 Å². The van der Waals surface area contributed by atoms with E-state index < -0.39 is 6.16 Å². The Kier molecular flexibility index (Phi) is 7.95. The molecule has 0 aliphatic heterocycles. The van der Waals surface area contributed by atoms with Crippen LogP contribution in [0.2, 0.25) is 0 Å². The molecule has 16 heavy (non-hydrogen) atoms. The Bertz CT molecular complexity index is 347. The molecule has 1 N–H and O–H groups in total. The largest absolute Gasteiger partial charge is 0.510 e. The second kappa shape index (κ2) is 9.27. The van der Waals surface area contributed by atoms with Gasteiger partial charge >= 0.3 is 6.16 Å². The molecule has 0 radical (unpaired) electrons. The average Bonchev–Trinajstić information content (AvgIpc) is 2.30. The molecule has 0 atom stereocenters. The van der Waals surface area contributed by atoms with E-state index in [2.05, 4.69) is 17.9 Å². The Labute approximate surface area is 95.0 Å². The monoisotopic (exact) mass is 218 g/mol. The Morgan fingerprint density at radius 3 is 2.19 bits per heavy atom. The maximum atomic E-state index is 9.92. The van der Waals surface area contributed by atoms with Crippen LogP contribution in [0.15, 0.2) is 61.9 Å². The molecule has 0 saturated heterocycles. The number of carbonyl (C=O) groups is 1. The molecule has 0 aliphatic rings. The minimum absolute atomic E-state index is 0.902. The van der Waals surface area contributed by atoms with Gasteiger partial charge in [0.05, 0.1) is 6.26 Å². The van der Waals surface area contributed by atoms with Crippen molar-refractivity contribution in [1.29, 1.82) is 0 Å². The van der Waals surface area contributed by atoms with Gasteiger partial charge in [-0.3, -0.25) is 0 Å². The quantitative estimate of drug-likeness (QED) is 0.478. The van der Waals surface area contributed by atoms with Gasteiger partial charge in [-0.15, -0.1) is 0 Å². The minimum atomic E-state index is -1.30. The first kappa shape index (κ1) is 13.7. The maximum absolute atomic E-state index is 9.92. The summed E-state index contributed by atoms with van der Waals surface area (Å²) in [5, 5.41) is 8.12. The fourth-order valence-corrected chi connectivity index (χ4v) is 0.735. The van der Waals surface area contributed by atoms with E-state index in [4.69, 9.17) is 5.11 Å². The van der Waals surface area contributed by atoms with Crippen LogP contribution in [0.1, 0.15) is 5.56 Å². The maximum Gasteiger partial charge on any atom is 0.510 e. The molecule has 0 spiro atoms. The van der Waals surface area contributed by atoms with Gasteiger partial charge in [0.25, 0.3) is 0 Å². The number of allylic oxidation sites excluding steroid dienone is 2. The Balaban J connectivity index is 0.000000487. The molecule has 1 aromatic carbocycles. The standard InChI is InChI=1S/C9H8O3.C4H6/c10-9(11)12-7-6-8-4-2-1-3-5-8;1-3-4-2/h1-7H,(H,10,11);3-4H,1-2H2. The summed E-state index contributed by atoms with van der Waals surface area (Å²) in [6.07, 6.45) is 4.69. The van der Waals surface area contributed by atoms with E-state index in [1.165, 1.54) is 0 Å². The van der Waals surface area contributed by atoms with Crippen LogP contribution >= 0.6 is 0 Å². The summed E-state index contributed by atoms with van der Waals surface area (Å²) in [6.45, 7) is 6.72. The predicted octanol–water partition coefficient (Wildman–Crippen LogP) is 3.71. The summed E-state index contributed by atoms with van der Waals surface area (Å²) in [5.74, 6) is 0. The zero-order valence-corrected chi connectivity index (χ0v) is 8.87. The topological polar surface area (TPSA) is 46.5 Å². The molecule has 0 saturated carbocycles. The molecule has 0 aliphatic carbocycles. The first-order chi connectivity index (χ1) is 7.70. The van der Waals surface area contributed by atoms with Crippen molar-refractivity contribution in [1.82, 2.24) is 0 Å². The summed E-state index contributed by atoms with van der Waals surface area (Å²) >= 11 is 0. The highest BCUT2D eigenvalue weighted by Crippen LogP contribution is 2.00. The molecule has 1 aromatic rings. The minimum Gasteiger partial charge on any atom is -0.449 e. The third-order valence-corrected chi connectivity index (χ3v) is 1.40. The summed E-state index contributed by atoms with van der Waals surface area (Å²) < 4.78 is 4.18. The zero-order valence-electron chi connectivity index (χ0n) is 8.87. The highest BCUT2D eigenvalue weighted by molar-refractivity contribution is 5.59. The number of ether oxygens (including phenoxy) is 1. The van der Waals surface area contributed by atoms with Crippen molar-refractivity contribution in [2.75, 3.05) is 0 Å². The van der Waals surface area contributed by atoms with Gasteiger partial charge in [0, 0.05) is 0 Å². The Morgan fingerprint density at radius 2 is 1.75 bits per heavy atom. The Morgan fingerprint density at radius 1 is 1.19 bits per heavy atom. The van der Waals surface area contributed by atoms with Gasteiger partial charge in [-0.2, -0.15) is 0 Å².